The third-order valence-corrected chi connectivity index (χ3v) is 3.26. The number of halogens is 1. The maximum Gasteiger partial charge on any atom is 0.168 e. The van der Waals surface area contributed by atoms with Gasteiger partial charge in [0.2, 0.25) is 0 Å². The SMILES string of the molecule is Cc1ccc(Cc2cc(C=O)nc3ccoc23)cc1F. The van der Waals surface area contributed by atoms with Crippen molar-refractivity contribution in [3.8, 4) is 0 Å². The van der Waals surface area contributed by atoms with E-state index in [0.717, 1.165) is 11.1 Å². The zero-order chi connectivity index (χ0) is 14.1. The number of carbonyl (C=O) groups is 1. The van der Waals surface area contributed by atoms with Crippen LogP contribution in [-0.4, -0.2) is 11.3 Å². The number of nitrogens with zero attached hydrogens (tertiary/aromatic N) is 1. The number of rotatable bonds is 3. The number of benzene rings is 1. The van der Waals surface area contributed by atoms with Crippen LogP contribution in [0.1, 0.15) is 27.2 Å². The first-order chi connectivity index (χ1) is 9.67. The van der Waals surface area contributed by atoms with E-state index in [4.69, 9.17) is 4.42 Å². The van der Waals surface area contributed by atoms with E-state index in [1.54, 1.807) is 25.1 Å². The Kier molecular flexibility index (Phi) is 3.06. The van der Waals surface area contributed by atoms with Crippen LogP contribution in [0.15, 0.2) is 41.0 Å². The van der Waals surface area contributed by atoms with Crippen LogP contribution < -0.4 is 0 Å². The summed E-state index contributed by atoms with van der Waals surface area (Å²) in [6.45, 7) is 1.72. The Balaban J connectivity index is 2.06. The van der Waals surface area contributed by atoms with Gasteiger partial charge in [0.15, 0.2) is 11.9 Å². The molecule has 0 fully saturated rings. The van der Waals surface area contributed by atoms with Gasteiger partial charge < -0.3 is 4.42 Å². The van der Waals surface area contributed by atoms with Crippen molar-refractivity contribution in [2.45, 2.75) is 13.3 Å². The molecule has 0 spiro atoms. The predicted octanol–water partition coefficient (Wildman–Crippen LogP) is 3.68. The molecular formula is C16H12FNO2. The van der Waals surface area contributed by atoms with Gasteiger partial charge in [-0.15, -0.1) is 0 Å². The Morgan fingerprint density at radius 2 is 2.15 bits per heavy atom. The number of hydrogen-bond donors (Lipinski definition) is 0. The molecule has 0 aliphatic rings. The van der Waals surface area contributed by atoms with E-state index in [1.807, 2.05) is 6.07 Å². The summed E-state index contributed by atoms with van der Waals surface area (Å²) in [5, 5.41) is 0. The number of hydrogen-bond acceptors (Lipinski definition) is 3. The van der Waals surface area contributed by atoms with Crippen molar-refractivity contribution < 1.29 is 13.6 Å². The van der Waals surface area contributed by atoms with Crippen molar-refractivity contribution in [2.75, 3.05) is 0 Å². The average Bonchev–Trinajstić information content (AvgIpc) is 2.91. The summed E-state index contributed by atoms with van der Waals surface area (Å²) in [6, 6.07) is 8.50. The largest absolute Gasteiger partial charge is 0.462 e. The fourth-order valence-corrected chi connectivity index (χ4v) is 2.20. The molecule has 0 saturated heterocycles. The molecule has 0 unspecified atom stereocenters. The summed E-state index contributed by atoms with van der Waals surface area (Å²) in [5.74, 6) is -0.233. The fraction of sp³-hybridized carbons (Fsp3) is 0.125. The molecule has 3 nitrogen and oxygen atoms in total. The highest BCUT2D eigenvalue weighted by Gasteiger charge is 2.10. The second-order valence-corrected chi connectivity index (χ2v) is 4.72. The molecule has 2 aromatic heterocycles. The van der Waals surface area contributed by atoms with Gasteiger partial charge in [0, 0.05) is 18.1 Å². The van der Waals surface area contributed by atoms with E-state index < -0.39 is 0 Å². The van der Waals surface area contributed by atoms with Crippen molar-refractivity contribution in [3.05, 3.63) is 64.8 Å². The Bertz CT molecular complexity index is 792. The number of aldehydes is 1. The van der Waals surface area contributed by atoms with E-state index in [9.17, 15) is 9.18 Å². The van der Waals surface area contributed by atoms with E-state index in [-0.39, 0.29) is 5.82 Å². The lowest BCUT2D eigenvalue weighted by atomic mass is 10.0. The van der Waals surface area contributed by atoms with Gasteiger partial charge in [-0.05, 0) is 30.2 Å². The number of pyridine rings is 1. The summed E-state index contributed by atoms with van der Waals surface area (Å²) in [5.41, 5.74) is 3.88. The second-order valence-electron chi connectivity index (χ2n) is 4.72. The van der Waals surface area contributed by atoms with Gasteiger partial charge in [-0.1, -0.05) is 12.1 Å². The summed E-state index contributed by atoms with van der Waals surface area (Å²) in [4.78, 5) is 15.1. The Labute approximate surface area is 115 Å². The van der Waals surface area contributed by atoms with Crippen LogP contribution in [0.5, 0.6) is 0 Å². The number of furan rings is 1. The smallest absolute Gasteiger partial charge is 0.168 e. The van der Waals surface area contributed by atoms with Gasteiger partial charge in [0.25, 0.3) is 0 Å². The van der Waals surface area contributed by atoms with Crippen molar-refractivity contribution in [2.24, 2.45) is 0 Å². The summed E-state index contributed by atoms with van der Waals surface area (Å²) in [7, 11) is 0. The monoisotopic (exact) mass is 269 g/mol. The molecule has 0 N–H and O–H groups in total. The molecule has 4 heteroatoms. The molecule has 0 saturated carbocycles. The molecule has 2 heterocycles. The predicted molar refractivity (Wildman–Crippen MR) is 73.3 cm³/mol. The minimum atomic E-state index is -0.233. The third kappa shape index (κ3) is 2.20. The molecule has 0 bridgehead atoms. The maximum absolute atomic E-state index is 13.6. The highest BCUT2D eigenvalue weighted by Crippen LogP contribution is 2.22. The number of aryl methyl sites for hydroxylation is 1. The van der Waals surface area contributed by atoms with E-state index in [2.05, 4.69) is 4.98 Å². The molecule has 20 heavy (non-hydrogen) atoms. The van der Waals surface area contributed by atoms with Crippen molar-refractivity contribution in [1.29, 1.82) is 0 Å². The van der Waals surface area contributed by atoms with Crippen LogP contribution in [0.2, 0.25) is 0 Å². The van der Waals surface area contributed by atoms with Gasteiger partial charge in [-0.3, -0.25) is 4.79 Å². The van der Waals surface area contributed by atoms with Gasteiger partial charge in [0.05, 0.1) is 6.26 Å². The molecule has 3 rings (SSSR count). The van der Waals surface area contributed by atoms with Gasteiger partial charge in [0.1, 0.15) is 17.0 Å². The number of aromatic nitrogens is 1. The first-order valence-corrected chi connectivity index (χ1v) is 6.24. The molecule has 0 amide bonds. The quantitative estimate of drug-likeness (QED) is 0.681. The third-order valence-electron chi connectivity index (χ3n) is 3.26. The molecule has 0 aliphatic carbocycles. The molecule has 0 radical (unpaired) electrons. The van der Waals surface area contributed by atoms with Crippen LogP contribution in [0, 0.1) is 12.7 Å². The molecular weight excluding hydrogens is 257 g/mol. The van der Waals surface area contributed by atoms with E-state index in [0.29, 0.717) is 35.1 Å². The lowest BCUT2D eigenvalue weighted by Crippen LogP contribution is -1.95. The average molecular weight is 269 g/mol. The minimum absolute atomic E-state index is 0.233. The van der Waals surface area contributed by atoms with Gasteiger partial charge >= 0.3 is 0 Å². The van der Waals surface area contributed by atoms with Crippen LogP contribution in [-0.2, 0) is 6.42 Å². The Morgan fingerprint density at radius 3 is 2.90 bits per heavy atom. The molecule has 0 atom stereocenters. The number of carbonyl (C=O) groups excluding carboxylic acids is 1. The van der Waals surface area contributed by atoms with Crippen molar-refractivity contribution >= 4 is 17.4 Å². The van der Waals surface area contributed by atoms with E-state index >= 15 is 0 Å². The van der Waals surface area contributed by atoms with Gasteiger partial charge in [-0.25, -0.2) is 9.37 Å². The van der Waals surface area contributed by atoms with Crippen molar-refractivity contribution in [3.63, 3.8) is 0 Å². The standard InChI is InChI=1S/C16H12FNO2/c1-10-2-3-11(7-14(10)17)6-12-8-13(9-19)18-15-4-5-20-16(12)15/h2-5,7-9H,6H2,1H3. The molecule has 3 aromatic rings. The topological polar surface area (TPSA) is 43.1 Å². The summed E-state index contributed by atoms with van der Waals surface area (Å²) >= 11 is 0. The Morgan fingerprint density at radius 1 is 1.30 bits per heavy atom. The van der Waals surface area contributed by atoms with Gasteiger partial charge in [-0.2, -0.15) is 0 Å². The second kappa shape index (κ2) is 4.89. The summed E-state index contributed by atoms with van der Waals surface area (Å²) < 4.78 is 19.0. The van der Waals surface area contributed by atoms with Crippen LogP contribution in [0.3, 0.4) is 0 Å². The highest BCUT2D eigenvalue weighted by atomic mass is 19.1. The van der Waals surface area contributed by atoms with Crippen LogP contribution >= 0.6 is 0 Å². The first-order valence-electron chi connectivity index (χ1n) is 6.24. The molecule has 0 aliphatic heterocycles. The summed E-state index contributed by atoms with van der Waals surface area (Å²) in [6.07, 6.45) is 2.72. The highest BCUT2D eigenvalue weighted by molar-refractivity contribution is 5.82. The Hall–Kier alpha value is -2.49. The lowest BCUT2D eigenvalue weighted by molar-refractivity contribution is 0.111. The van der Waals surface area contributed by atoms with Crippen LogP contribution in [0.4, 0.5) is 4.39 Å². The van der Waals surface area contributed by atoms with E-state index in [1.165, 1.54) is 12.3 Å². The molecule has 100 valence electrons. The number of fused-ring (bicyclic) bond motifs is 1. The normalized spacial score (nSPS) is 10.9. The maximum atomic E-state index is 13.6. The minimum Gasteiger partial charge on any atom is -0.462 e. The molecule has 1 aromatic carbocycles. The fourth-order valence-electron chi connectivity index (χ4n) is 2.20. The first kappa shape index (κ1) is 12.5. The van der Waals surface area contributed by atoms with Crippen molar-refractivity contribution in [1.82, 2.24) is 4.98 Å². The zero-order valence-electron chi connectivity index (χ0n) is 10.9. The zero-order valence-corrected chi connectivity index (χ0v) is 10.9. The van der Waals surface area contributed by atoms with Crippen LogP contribution in [0.25, 0.3) is 11.1 Å². The lowest BCUT2D eigenvalue weighted by Gasteiger charge is -2.05.